The van der Waals surface area contributed by atoms with Crippen LogP contribution in [0.2, 0.25) is 0 Å². The number of thiophene rings is 1. The Bertz CT molecular complexity index is 2330. The fourth-order valence-electron chi connectivity index (χ4n) is 6.31. The van der Waals surface area contributed by atoms with Crippen LogP contribution in [0.25, 0.3) is 20.2 Å². The number of hydrogen-bond donors (Lipinski definition) is 0. The summed E-state index contributed by atoms with van der Waals surface area (Å²) >= 11 is 1.82. The van der Waals surface area contributed by atoms with E-state index in [0.717, 1.165) is 39.9 Å². The van der Waals surface area contributed by atoms with Crippen molar-refractivity contribution >= 4 is 65.6 Å². The van der Waals surface area contributed by atoms with Crippen LogP contribution in [0.4, 0.5) is 34.1 Å². The quantitative estimate of drug-likeness (QED) is 0.184. The molecule has 1 aliphatic rings. The zero-order valence-electron chi connectivity index (χ0n) is 25.3. The van der Waals surface area contributed by atoms with Crippen molar-refractivity contribution in [3.05, 3.63) is 170 Å². The number of fused-ring (bicyclic) bond motifs is 5. The van der Waals surface area contributed by atoms with Crippen molar-refractivity contribution < 1.29 is 9.47 Å². The first-order valence-corrected chi connectivity index (χ1v) is 16.4. The number of hydrogen-bond acceptors (Lipinski definition) is 5. The smallest absolute Gasteiger partial charge is 0.172 e. The van der Waals surface area contributed by atoms with Gasteiger partial charge in [0.15, 0.2) is 23.0 Å². The molecule has 0 unspecified atom stereocenters. The van der Waals surface area contributed by atoms with E-state index >= 15 is 0 Å². The molecule has 4 nitrogen and oxygen atoms in total. The van der Waals surface area contributed by atoms with E-state index in [4.69, 9.17) is 9.47 Å². The molecule has 1 aromatic heterocycles. The van der Waals surface area contributed by atoms with Gasteiger partial charge in [-0.05, 0) is 91.0 Å². The number of ether oxygens (including phenoxy) is 2. The van der Waals surface area contributed by atoms with E-state index in [1.165, 1.54) is 20.2 Å². The summed E-state index contributed by atoms with van der Waals surface area (Å²) in [7, 11) is 0. The summed E-state index contributed by atoms with van der Waals surface area (Å²) in [5, 5.41) is 2.48. The molecule has 0 amide bonds. The van der Waals surface area contributed by atoms with Crippen LogP contribution >= 0.6 is 11.3 Å². The summed E-state index contributed by atoms with van der Waals surface area (Å²) in [5.74, 6) is 2.84. The highest BCUT2D eigenvalue weighted by molar-refractivity contribution is 7.25. The van der Waals surface area contributed by atoms with Gasteiger partial charge in [0, 0.05) is 54.7 Å². The van der Waals surface area contributed by atoms with Gasteiger partial charge in [-0.25, -0.2) is 0 Å². The summed E-state index contributed by atoms with van der Waals surface area (Å²) in [4.78, 5) is 4.58. The molecule has 0 saturated heterocycles. The molecule has 0 spiro atoms. The molecule has 0 fully saturated rings. The molecule has 7 aromatic carbocycles. The molecule has 5 heteroatoms. The normalized spacial score (nSPS) is 11.7. The van der Waals surface area contributed by atoms with Gasteiger partial charge < -0.3 is 19.3 Å². The van der Waals surface area contributed by atoms with Crippen molar-refractivity contribution in [2.24, 2.45) is 0 Å². The summed E-state index contributed by atoms with van der Waals surface area (Å²) < 4.78 is 14.9. The van der Waals surface area contributed by atoms with Crippen LogP contribution in [-0.2, 0) is 0 Å². The van der Waals surface area contributed by atoms with Crippen LogP contribution in [0.1, 0.15) is 0 Å². The first kappa shape index (κ1) is 27.3. The van der Waals surface area contributed by atoms with E-state index in [-0.39, 0.29) is 0 Å². The highest BCUT2D eigenvalue weighted by Crippen LogP contribution is 2.49. The van der Waals surface area contributed by atoms with Gasteiger partial charge in [0.1, 0.15) is 0 Å². The highest BCUT2D eigenvalue weighted by atomic mass is 32.1. The molecule has 1 aliphatic heterocycles. The number of benzene rings is 7. The number of anilines is 6. The Balaban J connectivity index is 1.14. The maximum atomic E-state index is 6.29. The molecule has 0 aliphatic carbocycles. The molecule has 8 aromatic rings. The fourth-order valence-corrected chi connectivity index (χ4v) is 7.43. The first-order chi connectivity index (χ1) is 23.3. The Hall–Kier alpha value is -6.04. The van der Waals surface area contributed by atoms with E-state index in [1.807, 2.05) is 47.7 Å². The Morgan fingerprint density at radius 2 is 0.787 bits per heavy atom. The minimum absolute atomic E-state index is 0.694. The number of rotatable bonds is 6. The monoisotopic (exact) mass is 624 g/mol. The Morgan fingerprint density at radius 3 is 1.43 bits per heavy atom. The van der Waals surface area contributed by atoms with Gasteiger partial charge in [-0.2, -0.15) is 0 Å². The van der Waals surface area contributed by atoms with Crippen molar-refractivity contribution in [3.63, 3.8) is 0 Å². The third-order valence-corrected chi connectivity index (χ3v) is 9.61. The van der Waals surface area contributed by atoms with Crippen LogP contribution in [0, 0.1) is 0 Å². The van der Waals surface area contributed by atoms with Gasteiger partial charge in [0.2, 0.25) is 0 Å². The topological polar surface area (TPSA) is 24.9 Å². The average molecular weight is 625 g/mol. The van der Waals surface area contributed by atoms with Crippen molar-refractivity contribution in [2.75, 3.05) is 9.80 Å². The van der Waals surface area contributed by atoms with Crippen LogP contribution in [0.15, 0.2) is 170 Å². The van der Waals surface area contributed by atoms with Crippen molar-refractivity contribution in [2.45, 2.75) is 0 Å². The molecule has 0 atom stereocenters. The van der Waals surface area contributed by atoms with Gasteiger partial charge >= 0.3 is 0 Å². The molecule has 9 rings (SSSR count). The van der Waals surface area contributed by atoms with Crippen LogP contribution < -0.4 is 19.3 Å². The largest absolute Gasteiger partial charge is 0.450 e. The number of nitrogens with zero attached hydrogens (tertiary/aromatic N) is 2. The lowest BCUT2D eigenvalue weighted by atomic mass is 10.1. The third kappa shape index (κ3) is 4.94. The maximum absolute atomic E-state index is 6.29. The van der Waals surface area contributed by atoms with Gasteiger partial charge in [-0.1, -0.05) is 72.8 Å². The Labute approximate surface area is 276 Å². The van der Waals surface area contributed by atoms with Crippen molar-refractivity contribution in [1.29, 1.82) is 0 Å². The molecule has 2 heterocycles. The van der Waals surface area contributed by atoms with Gasteiger partial charge in [-0.15, -0.1) is 11.3 Å². The first-order valence-electron chi connectivity index (χ1n) is 15.6. The van der Waals surface area contributed by atoms with E-state index in [9.17, 15) is 0 Å². The maximum Gasteiger partial charge on any atom is 0.172 e. The predicted octanol–water partition coefficient (Wildman–Crippen LogP) is 12.9. The second-order valence-electron chi connectivity index (χ2n) is 11.4. The molecule has 0 radical (unpaired) electrons. The second kappa shape index (κ2) is 11.4. The predicted molar refractivity (Wildman–Crippen MR) is 195 cm³/mol. The van der Waals surface area contributed by atoms with Crippen LogP contribution in [0.5, 0.6) is 23.0 Å². The lowest BCUT2D eigenvalue weighted by molar-refractivity contribution is 0.360. The molecule has 0 saturated carbocycles. The second-order valence-corrected chi connectivity index (χ2v) is 12.5. The van der Waals surface area contributed by atoms with E-state index < -0.39 is 0 Å². The van der Waals surface area contributed by atoms with Crippen LogP contribution in [0.3, 0.4) is 0 Å². The van der Waals surface area contributed by atoms with E-state index in [1.54, 1.807) is 0 Å². The SMILES string of the molecule is c1ccc(N(c2ccc3c(c2)Oc2ccccc2O3)c2ccc3c(c2)sc2ccc(N(c4ccccc4)c4ccccc4)cc23)cc1. The molecule has 0 bridgehead atoms. The number of para-hydroxylation sites is 5. The summed E-state index contributed by atoms with van der Waals surface area (Å²) in [6.07, 6.45) is 0. The fraction of sp³-hybridized carbons (Fsp3) is 0. The lowest BCUT2D eigenvalue weighted by Crippen LogP contribution is -2.10. The molecule has 0 N–H and O–H groups in total. The molecular weight excluding hydrogens is 597 g/mol. The standard InChI is InChI=1S/C42H28N2O2S/c1-4-12-29(13-5-1)43(30-14-6-2-7-15-30)32-22-25-41-36(26-32)35-23-20-34(28-42(35)47-41)44(31-16-8-3-9-17-31)33-21-24-39-40(27-33)46-38-19-11-10-18-37(38)45-39/h1-28H. The minimum Gasteiger partial charge on any atom is -0.450 e. The molecule has 47 heavy (non-hydrogen) atoms. The van der Waals surface area contributed by atoms with Gasteiger partial charge in [0.25, 0.3) is 0 Å². The zero-order chi connectivity index (χ0) is 31.2. The van der Waals surface area contributed by atoms with Crippen LogP contribution in [-0.4, -0.2) is 0 Å². The van der Waals surface area contributed by atoms with E-state index in [0.29, 0.717) is 17.2 Å². The van der Waals surface area contributed by atoms with E-state index in [2.05, 4.69) is 143 Å². The Morgan fingerprint density at radius 1 is 0.319 bits per heavy atom. The van der Waals surface area contributed by atoms with Gasteiger partial charge in [0.05, 0.1) is 5.69 Å². The van der Waals surface area contributed by atoms with Crippen molar-refractivity contribution in [3.8, 4) is 23.0 Å². The minimum atomic E-state index is 0.694. The molecular formula is C42H28N2O2S. The summed E-state index contributed by atoms with van der Waals surface area (Å²) in [5.41, 5.74) is 6.50. The third-order valence-electron chi connectivity index (χ3n) is 8.47. The van der Waals surface area contributed by atoms with Crippen molar-refractivity contribution in [1.82, 2.24) is 0 Å². The average Bonchev–Trinajstić information content (AvgIpc) is 3.50. The van der Waals surface area contributed by atoms with Gasteiger partial charge in [-0.3, -0.25) is 0 Å². The zero-order valence-corrected chi connectivity index (χ0v) is 26.1. The summed E-state index contributed by atoms with van der Waals surface area (Å²) in [6, 6.07) is 59.0. The summed E-state index contributed by atoms with van der Waals surface area (Å²) in [6.45, 7) is 0. The lowest BCUT2D eigenvalue weighted by Gasteiger charge is -2.27. The molecule has 224 valence electrons. The Kier molecular flexibility index (Phi) is 6.61. The highest BCUT2D eigenvalue weighted by Gasteiger charge is 2.22.